The molecule has 1 aromatic heterocycles. The summed E-state index contributed by atoms with van der Waals surface area (Å²) in [6.45, 7) is 10.3. The van der Waals surface area contributed by atoms with Gasteiger partial charge in [-0.1, -0.05) is 27.7 Å². The standard InChI is InChI=1S/C15H21N3O.ClH/c1-9-10(8-16)6-7-11(18-9)19-13-14(2,3)12(17)15(13,4)5;/h6-7,12-13H,17H2,1-5H3;1H. The Labute approximate surface area is 126 Å². The smallest absolute Gasteiger partial charge is 0.213 e. The van der Waals surface area contributed by atoms with Crippen LogP contribution in [0, 0.1) is 29.1 Å². The van der Waals surface area contributed by atoms with E-state index in [4.69, 9.17) is 15.7 Å². The highest BCUT2D eigenvalue weighted by atomic mass is 35.5. The van der Waals surface area contributed by atoms with E-state index in [9.17, 15) is 0 Å². The Morgan fingerprint density at radius 3 is 2.25 bits per heavy atom. The van der Waals surface area contributed by atoms with Crippen molar-refractivity contribution in [2.24, 2.45) is 16.6 Å². The minimum Gasteiger partial charge on any atom is -0.473 e. The summed E-state index contributed by atoms with van der Waals surface area (Å²) in [6.07, 6.45) is 0.0230. The molecule has 1 aliphatic rings. The van der Waals surface area contributed by atoms with Crippen LogP contribution in [0.4, 0.5) is 0 Å². The number of aryl methyl sites for hydroxylation is 1. The number of aromatic nitrogens is 1. The Hall–Kier alpha value is -1.31. The largest absolute Gasteiger partial charge is 0.473 e. The number of nitrogens with two attached hydrogens (primary N) is 1. The average molecular weight is 296 g/mol. The highest BCUT2D eigenvalue weighted by Crippen LogP contribution is 2.54. The molecule has 1 heterocycles. The molecular formula is C15H22ClN3O. The normalized spacial score (nSPS) is 25.9. The predicted molar refractivity (Wildman–Crippen MR) is 80.9 cm³/mol. The maximum absolute atomic E-state index is 8.90. The van der Waals surface area contributed by atoms with E-state index in [2.05, 4.69) is 38.7 Å². The van der Waals surface area contributed by atoms with Gasteiger partial charge in [-0.3, -0.25) is 0 Å². The molecule has 0 bridgehead atoms. The van der Waals surface area contributed by atoms with E-state index in [1.54, 1.807) is 12.1 Å². The van der Waals surface area contributed by atoms with E-state index in [0.717, 1.165) is 0 Å². The molecule has 0 atom stereocenters. The molecule has 0 aromatic carbocycles. The maximum atomic E-state index is 8.90. The first kappa shape index (κ1) is 16.7. The number of hydrogen-bond acceptors (Lipinski definition) is 4. The van der Waals surface area contributed by atoms with E-state index in [0.29, 0.717) is 17.1 Å². The zero-order chi connectivity index (χ0) is 14.4. The monoisotopic (exact) mass is 295 g/mol. The van der Waals surface area contributed by atoms with Gasteiger partial charge in [-0.15, -0.1) is 12.4 Å². The maximum Gasteiger partial charge on any atom is 0.213 e. The molecule has 1 aromatic rings. The van der Waals surface area contributed by atoms with Gasteiger partial charge in [0, 0.05) is 22.9 Å². The number of hydrogen-bond donors (Lipinski definition) is 1. The van der Waals surface area contributed by atoms with Crippen LogP contribution >= 0.6 is 12.4 Å². The lowest BCUT2D eigenvalue weighted by atomic mass is 9.50. The number of pyridine rings is 1. The van der Waals surface area contributed by atoms with Crippen LogP contribution in [0.15, 0.2) is 12.1 Å². The fourth-order valence-electron chi connectivity index (χ4n) is 3.29. The zero-order valence-corrected chi connectivity index (χ0v) is 13.4. The minimum absolute atomic E-state index is 0. The molecule has 0 saturated heterocycles. The second-order valence-corrected chi connectivity index (χ2v) is 6.51. The summed E-state index contributed by atoms with van der Waals surface area (Å²) >= 11 is 0. The third-order valence-electron chi connectivity index (χ3n) is 4.37. The van der Waals surface area contributed by atoms with Crippen molar-refractivity contribution < 1.29 is 4.74 Å². The highest BCUT2D eigenvalue weighted by molar-refractivity contribution is 5.85. The summed E-state index contributed by atoms with van der Waals surface area (Å²) in [5, 5.41) is 8.90. The van der Waals surface area contributed by atoms with E-state index < -0.39 is 0 Å². The zero-order valence-electron chi connectivity index (χ0n) is 12.6. The molecule has 1 aliphatic carbocycles. The second-order valence-electron chi connectivity index (χ2n) is 6.51. The summed E-state index contributed by atoms with van der Waals surface area (Å²) in [7, 11) is 0. The molecule has 1 saturated carbocycles. The van der Waals surface area contributed by atoms with Gasteiger partial charge >= 0.3 is 0 Å². The van der Waals surface area contributed by atoms with Crippen LogP contribution in [0.5, 0.6) is 5.88 Å². The summed E-state index contributed by atoms with van der Waals surface area (Å²) < 4.78 is 6.03. The van der Waals surface area contributed by atoms with Crippen LogP contribution in [0.1, 0.15) is 39.0 Å². The molecule has 2 N–H and O–H groups in total. The molecule has 4 nitrogen and oxygen atoms in total. The Balaban J connectivity index is 0.00000200. The van der Waals surface area contributed by atoms with Gasteiger partial charge in [0.2, 0.25) is 5.88 Å². The highest BCUT2D eigenvalue weighted by Gasteiger charge is 2.62. The van der Waals surface area contributed by atoms with Crippen LogP contribution in [0.2, 0.25) is 0 Å². The van der Waals surface area contributed by atoms with Gasteiger partial charge in [0.1, 0.15) is 12.2 Å². The number of ether oxygens (including phenoxy) is 1. The van der Waals surface area contributed by atoms with E-state index in [1.165, 1.54) is 0 Å². The lowest BCUT2D eigenvalue weighted by Gasteiger charge is -2.61. The molecule has 5 heteroatoms. The second kappa shape index (κ2) is 5.23. The molecule has 0 spiro atoms. The van der Waals surface area contributed by atoms with Crippen molar-refractivity contribution in [3.05, 3.63) is 23.4 Å². The van der Waals surface area contributed by atoms with Gasteiger partial charge in [-0.25, -0.2) is 4.98 Å². The molecule has 0 radical (unpaired) electrons. The number of nitrogens with zero attached hydrogens (tertiary/aromatic N) is 2. The molecule has 2 rings (SSSR count). The van der Waals surface area contributed by atoms with Crippen LogP contribution in [-0.4, -0.2) is 17.1 Å². The molecule has 20 heavy (non-hydrogen) atoms. The van der Waals surface area contributed by atoms with Gasteiger partial charge in [-0.05, 0) is 13.0 Å². The Morgan fingerprint density at radius 1 is 1.25 bits per heavy atom. The Morgan fingerprint density at radius 2 is 1.80 bits per heavy atom. The van der Waals surface area contributed by atoms with Crippen molar-refractivity contribution in [3.8, 4) is 11.9 Å². The fraction of sp³-hybridized carbons (Fsp3) is 0.600. The van der Waals surface area contributed by atoms with Crippen LogP contribution in [0.25, 0.3) is 0 Å². The van der Waals surface area contributed by atoms with Gasteiger partial charge < -0.3 is 10.5 Å². The van der Waals surface area contributed by atoms with Crippen molar-refractivity contribution in [3.63, 3.8) is 0 Å². The summed E-state index contributed by atoms with van der Waals surface area (Å²) in [5.41, 5.74) is 7.33. The Kier molecular flexibility index (Phi) is 4.38. The van der Waals surface area contributed by atoms with E-state index in [1.807, 2.05) is 6.92 Å². The Bertz CT molecular complexity index is 533. The first-order valence-corrected chi connectivity index (χ1v) is 6.51. The topological polar surface area (TPSA) is 71.9 Å². The predicted octanol–water partition coefficient (Wildman–Crippen LogP) is 2.82. The third-order valence-corrected chi connectivity index (χ3v) is 4.37. The van der Waals surface area contributed by atoms with Gasteiger partial charge in [0.15, 0.2) is 0 Å². The van der Waals surface area contributed by atoms with Crippen molar-refractivity contribution in [2.75, 3.05) is 0 Å². The SMILES string of the molecule is Cc1nc(OC2C(C)(C)C(N)C2(C)C)ccc1C#N.Cl. The summed E-state index contributed by atoms with van der Waals surface area (Å²) in [5.74, 6) is 0.564. The van der Waals surface area contributed by atoms with E-state index in [-0.39, 0.29) is 35.4 Å². The lowest BCUT2D eigenvalue weighted by molar-refractivity contribution is -0.156. The molecule has 110 valence electrons. The minimum atomic E-state index is -0.0764. The van der Waals surface area contributed by atoms with Gasteiger partial charge in [0.05, 0.1) is 11.3 Å². The van der Waals surface area contributed by atoms with Crippen LogP contribution in [-0.2, 0) is 0 Å². The van der Waals surface area contributed by atoms with Crippen molar-refractivity contribution in [2.45, 2.75) is 46.8 Å². The van der Waals surface area contributed by atoms with Crippen LogP contribution < -0.4 is 10.5 Å². The molecule has 0 unspecified atom stereocenters. The molecule has 0 aliphatic heterocycles. The average Bonchev–Trinajstić information content (AvgIpc) is 2.34. The van der Waals surface area contributed by atoms with Crippen molar-refractivity contribution >= 4 is 12.4 Å². The van der Waals surface area contributed by atoms with E-state index >= 15 is 0 Å². The quantitative estimate of drug-likeness (QED) is 0.910. The van der Waals surface area contributed by atoms with Gasteiger partial charge in [-0.2, -0.15) is 5.26 Å². The number of rotatable bonds is 2. The summed E-state index contributed by atoms with van der Waals surface area (Å²) in [6, 6.07) is 5.70. The van der Waals surface area contributed by atoms with Crippen LogP contribution in [0.3, 0.4) is 0 Å². The van der Waals surface area contributed by atoms with Crippen molar-refractivity contribution in [1.82, 2.24) is 4.98 Å². The number of halogens is 1. The molecule has 1 fully saturated rings. The molecule has 0 amide bonds. The fourth-order valence-corrected chi connectivity index (χ4v) is 3.29. The third kappa shape index (κ3) is 2.36. The molecular weight excluding hydrogens is 274 g/mol. The van der Waals surface area contributed by atoms with Crippen molar-refractivity contribution in [1.29, 1.82) is 5.26 Å². The number of nitriles is 1. The first-order valence-electron chi connectivity index (χ1n) is 6.51. The lowest BCUT2D eigenvalue weighted by Crippen LogP contribution is -2.73. The van der Waals surface area contributed by atoms with Gasteiger partial charge in [0.25, 0.3) is 0 Å². The first-order chi connectivity index (χ1) is 8.71. The summed E-state index contributed by atoms with van der Waals surface area (Å²) in [4.78, 5) is 4.34.